The Morgan fingerprint density at radius 1 is 1.28 bits per heavy atom. The molecule has 0 aromatic carbocycles. The van der Waals surface area contributed by atoms with Crippen molar-refractivity contribution in [2.45, 2.75) is 25.8 Å². The van der Waals surface area contributed by atoms with Crippen molar-refractivity contribution in [2.24, 2.45) is 0 Å². The van der Waals surface area contributed by atoms with Crippen LogP contribution in [0.3, 0.4) is 0 Å². The minimum absolute atomic E-state index is 0.0251. The Hall–Kier alpha value is -1.24. The van der Waals surface area contributed by atoms with Gasteiger partial charge in [-0.25, -0.2) is 0 Å². The molecule has 3 amide bonds. The molecule has 0 bridgehead atoms. The highest BCUT2D eigenvalue weighted by Crippen LogP contribution is 2.06. The molecule has 6 nitrogen and oxygen atoms in total. The normalized spacial score (nSPS) is 16.2. The highest BCUT2D eigenvalue weighted by atomic mass is 32.1. The first kappa shape index (κ1) is 14.8. The first-order valence-electron chi connectivity index (χ1n) is 5.98. The molecule has 0 aliphatic carbocycles. The van der Waals surface area contributed by atoms with E-state index < -0.39 is 6.04 Å². The molecular formula is C11H19N3O3S. The summed E-state index contributed by atoms with van der Waals surface area (Å²) >= 11 is 3.99. The van der Waals surface area contributed by atoms with E-state index in [1.165, 1.54) is 6.92 Å². The van der Waals surface area contributed by atoms with Crippen molar-refractivity contribution < 1.29 is 14.4 Å². The molecule has 0 aromatic rings. The second-order valence-electron chi connectivity index (χ2n) is 4.24. The average molecular weight is 273 g/mol. The van der Waals surface area contributed by atoms with Gasteiger partial charge in [0.1, 0.15) is 6.04 Å². The Balaban J connectivity index is 2.34. The number of hydrogen-bond donors (Lipinski definition) is 3. The van der Waals surface area contributed by atoms with E-state index in [9.17, 15) is 14.4 Å². The first-order chi connectivity index (χ1) is 8.54. The van der Waals surface area contributed by atoms with Crippen LogP contribution in [0, 0.1) is 0 Å². The maximum absolute atomic E-state index is 11.7. The Bertz CT molecular complexity index is 329. The lowest BCUT2D eigenvalue weighted by molar-refractivity contribution is -0.132. The molecule has 1 unspecified atom stereocenters. The van der Waals surface area contributed by atoms with Gasteiger partial charge in [-0.15, -0.1) is 0 Å². The largest absolute Gasteiger partial charge is 0.345 e. The average Bonchev–Trinajstić information content (AvgIpc) is 2.86. The molecule has 0 radical (unpaired) electrons. The van der Waals surface area contributed by atoms with Crippen LogP contribution in [0.1, 0.15) is 19.8 Å². The lowest BCUT2D eigenvalue weighted by atomic mass is 10.3. The summed E-state index contributed by atoms with van der Waals surface area (Å²) in [6.07, 6.45) is 2.04. The van der Waals surface area contributed by atoms with Gasteiger partial charge < -0.3 is 15.5 Å². The van der Waals surface area contributed by atoms with Gasteiger partial charge in [-0.1, -0.05) is 0 Å². The van der Waals surface area contributed by atoms with Crippen LogP contribution in [-0.2, 0) is 14.4 Å². The zero-order valence-corrected chi connectivity index (χ0v) is 11.3. The molecule has 1 heterocycles. The van der Waals surface area contributed by atoms with E-state index in [4.69, 9.17) is 0 Å². The van der Waals surface area contributed by atoms with Crippen LogP contribution in [0.25, 0.3) is 0 Å². The van der Waals surface area contributed by atoms with Crippen molar-refractivity contribution in [1.82, 2.24) is 15.5 Å². The van der Waals surface area contributed by atoms with Crippen LogP contribution in [0.2, 0.25) is 0 Å². The maximum atomic E-state index is 11.7. The van der Waals surface area contributed by atoms with Gasteiger partial charge >= 0.3 is 0 Å². The van der Waals surface area contributed by atoms with E-state index >= 15 is 0 Å². The Morgan fingerprint density at radius 3 is 2.39 bits per heavy atom. The van der Waals surface area contributed by atoms with E-state index in [-0.39, 0.29) is 30.0 Å². The predicted molar refractivity (Wildman–Crippen MR) is 70.3 cm³/mol. The van der Waals surface area contributed by atoms with Crippen molar-refractivity contribution in [1.29, 1.82) is 0 Å². The van der Waals surface area contributed by atoms with Crippen LogP contribution in [0.4, 0.5) is 0 Å². The van der Waals surface area contributed by atoms with Crippen molar-refractivity contribution in [3.05, 3.63) is 0 Å². The summed E-state index contributed by atoms with van der Waals surface area (Å²) in [5, 5.41) is 4.99. The summed E-state index contributed by atoms with van der Waals surface area (Å²) in [6.45, 7) is 2.83. The van der Waals surface area contributed by atoms with Gasteiger partial charge in [0.05, 0.1) is 6.54 Å². The van der Waals surface area contributed by atoms with Crippen LogP contribution < -0.4 is 10.6 Å². The number of thiol groups is 1. The van der Waals surface area contributed by atoms with E-state index in [2.05, 4.69) is 23.3 Å². The van der Waals surface area contributed by atoms with Gasteiger partial charge in [0.2, 0.25) is 17.7 Å². The van der Waals surface area contributed by atoms with Crippen LogP contribution in [0.5, 0.6) is 0 Å². The summed E-state index contributed by atoms with van der Waals surface area (Å²) in [7, 11) is 0. The van der Waals surface area contributed by atoms with Crippen LogP contribution in [-0.4, -0.2) is 54.1 Å². The van der Waals surface area contributed by atoms with E-state index in [0.29, 0.717) is 0 Å². The zero-order chi connectivity index (χ0) is 13.5. The van der Waals surface area contributed by atoms with Crippen molar-refractivity contribution in [3.63, 3.8) is 0 Å². The minimum Gasteiger partial charge on any atom is -0.345 e. The van der Waals surface area contributed by atoms with Crippen LogP contribution >= 0.6 is 12.6 Å². The highest BCUT2D eigenvalue weighted by molar-refractivity contribution is 7.80. The Kier molecular flexibility index (Phi) is 5.97. The summed E-state index contributed by atoms with van der Waals surface area (Å²) in [6, 6.07) is -0.697. The minimum atomic E-state index is -0.697. The summed E-state index contributed by atoms with van der Waals surface area (Å²) in [5.41, 5.74) is 0. The molecule has 102 valence electrons. The molecule has 0 saturated carbocycles. The molecule has 2 N–H and O–H groups in total. The Morgan fingerprint density at radius 2 is 1.89 bits per heavy atom. The number of carbonyl (C=O) groups excluding carboxylic acids is 3. The molecule has 1 saturated heterocycles. The van der Waals surface area contributed by atoms with Gasteiger partial charge in [-0.3, -0.25) is 14.4 Å². The number of carbonyl (C=O) groups is 3. The molecule has 0 aromatic heterocycles. The second kappa shape index (κ2) is 7.25. The van der Waals surface area contributed by atoms with Crippen molar-refractivity contribution >= 4 is 30.4 Å². The molecule has 0 spiro atoms. The third kappa shape index (κ3) is 4.56. The lowest BCUT2D eigenvalue weighted by Gasteiger charge is -2.18. The molecule has 7 heteroatoms. The van der Waals surface area contributed by atoms with E-state index in [1.807, 2.05) is 0 Å². The number of rotatable bonds is 5. The smallest absolute Gasteiger partial charge is 0.243 e. The summed E-state index contributed by atoms with van der Waals surface area (Å²) in [4.78, 5) is 36.0. The lowest BCUT2D eigenvalue weighted by Crippen LogP contribution is -2.49. The Labute approximate surface area is 112 Å². The zero-order valence-electron chi connectivity index (χ0n) is 10.4. The summed E-state index contributed by atoms with van der Waals surface area (Å²) in [5.74, 6) is -0.562. The number of hydrogen-bond acceptors (Lipinski definition) is 4. The SMILES string of the molecule is CC(=O)NC(CS)C(=O)NCC(=O)N1CCCC1. The van der Waals surface area contributed by atoms with Gasteiger partial charge in [-0.05, 0) is 12.8 Å². The predicted octanol–water partition coefficient (Wildman–Crippen LogP) is -0.840. The molecular weight excluding hydrogens is 254 g/mol. The van der Waals surface area contributed by atoms with E-state index in [0.717, 1.165) is 25.9 Å². The fourth-order valence-electron chi connectivity index (χ4n) is 1.80. The van der Waals surface area contributed by atoms with Crippen molar-refractivity contribution in [3.8, 4) is 0 Å². The highest BCUT2D eigenvalue weighted by Gasteiger charge is 2.21. The van der Waals surface area contributed by atoms with Gasteiger partial charge in [0, 0.05) is 25.8 Å². The molecule has 1 rings (SSSR count). The van der Waals surface area contributed by atoms with Gasteiger partial charge in [0.15, 0.2) is 0 Å². The number of likely N-dealkylation sites (tertiary alicyclic amines) is 1. The molecule has 1 fully saturated rings. The molecule has 18 heavy (non-hydrogen) atoms. The maximum Gasteiger partial charge on any atom is 0.243 e. The number of nitrogens with one attached hydrogen (secondary N) is 2. The second-order valence-corrected chi connectivity index (χ2v) is 4.61. The standard InChI is InChI=1S/C11H19N3O3S/c1-8(15)13-9(7-18)11(17)12-6-10(16)14-4-2-3-5-14/h9,18H,2-7H2,1H3,(H,12,17)(H,13,15). The molecule has 1 atom stereocenters. The fraction of sp³-hybridized carbons (Fsp3) is 0.727. The summed E-state index contributed by atoms with van der Waals surface area (Å²) < 4.78 is 0. The number of nitrogens with zero attached hydrogens (tertiary/aromatic N) is 1. The topological polar surface area (TPSA) is 78.5 Å². The monoisotopic (exact) mass is 273 g/mol. The van der Waals surface area contributed by atoms with Gasteiger partial charge in [0.25, 0.3) is 0 Å². The van der Waals surface area contributed by atoms with E-state index in [1.54, 1.807) is 4.90 Å². The first-order valence-corrected chi connectivity index (χ1v) is 6.61. The fourth-order valence-corrected chi connectivity index (χ4v) is 2.06. The molecule has 1 aliphatic rings. The third-order valence-corrected chi connectivity index (χ3v) is 3.11. The van der Waals surface area contributed by atoms with Crippen molar-refractivity contribution in [2.75, 3.05) is 25.4 Å². The number of amides is 3. The van der Waals surface area contributed by atoms with Crippen LogP contribution in [0.15, 0.2) is 0 Å². The third-order valence-electron chi connectivity index (χ3n) is 2.75. The van der Waals surface area contributed by atoms with Gasteiger partial charge in [-0.2, -0.15) is 12.6 Å². The quantitative estimate of drug-likeness (QED) is 0.572. The molecule has 1 aliphatic heterocycles.